The topological polar surface area (TPSA) is 90.0 Å². The molecule has 0 aliphatic rings. The number of rotatable bonds is 4. The van der Waals surface area contributed by atoms with Crippen LogP contribution < -0.4 is 11.2 Å². The van der Waals surface area contributed by atoms with Crippen LogP contribution in [0.2, 0.25) is 0 Å². The van der Waals surface area contributed by atoms with Crippen LogP contribution in [-0.2, 0) is 13.0 Å². The first-order valence-corrected chi connectivity index (χ1v) is 9.38. The number of H-pyrrole nitrogens is 1. The van der Waals surface area contributed by atoms with E-state index in [0.717, 1.165) is 16.5 Å². The van der Waals surface area contributed by atoms with Crippen LogP contribution in [-0.4, -0.2) is 28.5 Å². The third-order valence-electron chi connectivity index (χ3n) is 4.40. The molecular formula is C17H20N6O2S. The molecule has 136 valence electrons. The van der Waals surface area contributed by atoms with Gasteiger partial charge in [-0.15, -0.1) is 11.3 Å². The largest absolute Gasteiger partial charge is 0.330 e. The van der Waals surface area contributed by atoms with Crippen LogP contribution >= 0.6 is 11.3 Å². The van der Waals surface area contributed by atoms with Gasteiger partial charge in [-0.3, -0.25) is 18.7 Å². The van der Waals surface area contributed by atoms with Crippen molar-refractivity contribution >= 4 is 27.5 Å². The Morgan fingerprint density at radius 3 is 2.65 bits per heavy atom. The Morgan fingerprint density at radius 1 is 1.23 bits per heavy atom. The summed E-state index contributed by atoms with van der Waals surface area (Å²) in [5, 5.41) is 0. The van der Waals surface area contributed by atoms with Gasteiger partial charge in [-0.2, -0.15) is 0 Å². The summed E-state index contributed by atoms with van der Waals surface area (Å²) in [5.41, 5.74) is 0.928. The van der Waals surface area contributed by atoms with Gasteiger partial charge >= 0.3 is 5.69 Å². The smallest absolute Gasteiger partial charge is 0.319 e. The van der Waals surface area contributed by atoms with E-state index in [4.69, 9.17) is 0 Å². The second kappa shape index (κ2) is 5.94. The molecule has 0 saturated carbocycles. The van der Waals surface area contributed by atoms with E-state index < -0.39 is 11.2 Å². The van der Waals surface area contributed by atoms with E-state index >= 15 is 0 Å². The van der Waals surface area contributed by atoms with Crippen molar-refractivity contribution in [2.75, 3.05) is 0 Å². The second-order valence-corrected chi connectivity index (χ2v) is 7.82. The Kier molecular flexibility index (Phi) is 3.83. The molecule has 4 rings (SSSR count). The number of aryl methyl sites for hydroxylation is 2. The fourth-order valence-electron chi connectivity index (χ4n) is 3.37. The monoisotopic (exact) mass is 372 g/mol. The number of nitrogens with one attached hydrogen (secondary N) is 1. The average Bonchev–Trinajstić information content (AvgIpc) is 3.18. The molecule has 9 heteroatoms. The maximum Gasteiger partial charge on any atom is 0.330 e. The average molecular weight is 372 g/mol. The summed E-state index contributed by atoms with van der Waals surface area (Å²) in [4.78, 5) is 38.4. The summed E-state index contributed by atoms with van der Waals surface area (Å²) in [6, 6.07) is 0.0323. The summed E-state index contributed by atoms with van der Waals surface area (Å²) in [6.07, 6.45) is 4.53. The van der Waals surface area contributed by atoms with Gasteiger partial charge in [0.25, 0.3) is 5.56 Å². The maximum absolute atomic E-state index is 12.4. The van der Waals surface area contributed by atoms with Crippen molar-refractivity contribution in [3.8, 4) is 0 Å². The van der Waals surface area contributed by atoms with E-state index in [2.05, 4.69) is 15.0 Å². The molecule has 0 aliphatic carbocycles. The lowest BCUT2D eigenvalue weighted by Crippen LogP contribution is -2.30. The molecule has 4 aromatic rings. The zero-order valence-electron chi connectivity index (χ0n) is 15.1. The molecule has 0 radical (unpaired) electrons. The number of hydrogen-bond acceptors (Lipinski definition) is 5. The van der Waals surface area contributed by atoms with E-state index in [9.17, 15) is 9.59 Å². The zero-order valence-corrected chi connectivity index (χ0v) is 15.9. The second-order valence-electron chi connectivity index (χ2n) is 6.61. The van der Waals surface area contributed by atoms with E-state index in [-0.39, 0.29) is 6.04 Å². The number of thiazole rings is 1. The summed E-state index contributed by atoms with van der Waals surface area (Å²) >= 11 is 1.63. The van der Waals surface area contributed by atoms with Gasteiger partial charge in [0, 0.05) is 36.3 Å². The maximum atomic E-state index is 12.4. The Morgan fingerprint density at radius 2 is 2.00 bits per heavy atom. The van der Waals surface area contributed by atoms with Gasteiger partial charge in [-0.1, -0.05) is 0 Å². The molecule has 0 aromatic carbocycles. The first kappa shape index (κ1) is 16.8. The predicted molar refractivity (Wildman–Crippen MR) is 101 cm³/mol. The van der Waals surface area contributed by atoms with Crippen LogP contribution in [0.25, 0.3) is 16.1 Å². The van der Waals surface area contributed by atoms with Crippen molar-refractivity contribution < 1.29 is 0 Å². The molecule has 26 heavy (non-hydrogen) atoms. The van der Waals surface area contributed by atoms with Crippen molar-refractivity contribution in [3.63, 3.8) is 0 Å². The minimum Gasteiger partial charge on any atom is -0.319 e. The number of aromatic amines is 1. The third-order valence-corrected chi connectivity index (χ3v) is 5.31. The molecular weight excluding hydrogens is 352 g/mol. The van der Waals surface area contributed by atoms with Gasteiger partial charge in [0.05, 0.1) is 5.69 Å². The third kappa shape index (κ3) is 2.50. The minimum atomic E-state index is -0.428. The van der Waals surface area contributed by atoms with Gasteiger partial charge < -0.3 is 4.57 Å². The molecule has 0 unspecified atom stereocenters. The molecule has 0 spiro atoms. The molecule has 0 atom stereocenters. The number of fused-ring (bicyclic) bond motifs is 2. The van der Waals surface area contributed by atoms with Gasteiger partial charge in [0.2, 0.25) is 0 Å². The zero-order chi connectivity index (χ0) is 18.6. The van der Waals surface area contributed by atoms with Crippen molar-refractivity contribution in [1.82, 2.24) is 28.5 Å². The van der Waals surface area contributed by atoms with Crippen LogP contribution in [0.5, 0.6) is 0 Å². The first-order chi connectivity index (χ1) is 12.4. The molecule has 8 nitrogen and oxygen atoms in total. The summed E-state index contributed by atoms with van der Waals surface area (Å²) in [6.45, 7) is 8.35. The molecule has 0 fully saturated rings. The quantitative estimate of drug-likeness (QED) is 0.594. The Labute approximate surface area is 152 Å². The number of nitrogens with zero attached hydrogens (tertiary/aromatic N) is 5. The van der Waals surface area contributed by atoms with Crippen LogP contribution in [0, 0.1) is 6.92 Å². The first-order valence-electron chi connectivity index (χ1n) is 8.57. The van der Waals surface area contributed by atoms with Crippen LogP contribution in [0.1, 0.15) is 43.2 Å². The molecule has 4 aromatic heterocycles. The SMILES string of the molecule is CCn1c(=O)[nH]c(=O)c2c1nc(Cc1cn3cc(C)sc3n1)n2C(C)C. The van der Waals surface area contributed by atoms with Crippen LogP contribution in [0.3, 0.4) is 0 Å². The molecule has 1 N–H and O–H groups in total. The highest BCUT2D eigenvalue weighted by Gasteiger charge is 2.20. The molecule has 4 heterocycles. The summed E-state index contributed by atoms with van der Waals surface area (Å²) in [7, 11) is 0. The summed E-state index contributed by atoms with van der Waals surface area (Å²) in [5.74, 6) is 0.732. The molecule has 0 amide bonds. The Bertz CT molecular complexity index is 1200. The van der Waals surface area contributed by atoms with Gasteiger partial charge in [-0.25, -0.2) is 14.8 Å². The van der Waals surface area contributed by atoms with E-state index in [1.54, 1.807) is 11.3 Å². The van der Waals surface area contributed by atoms with E-state index in [1.165, 1.54) is 9.44 Å². The molecule has 0 saturated heterocycles. The lowest BCUT2D eigenvalue weighted by molar-refractivity contribution is 0.588. The fourth-order valence-corrected chi connectivity index (χ4v) is 4.19. The van der Waals surface area contributed by atoms with Crippen molar-refractivity contribution in [3.05, 3.63) is 49.6 Å². The highest BCUT2D eigenvalue weighted by molar-refractivity contribution is 7.16. The van der Waals surface area contributed by atoms with Crippen LogP contribution in [0.4, 0.5) is 0 Å². The van der Waals surface area contributed by atoms with E-state index in [0.29, 0.717) is 24.1 Å². The highest BCUT2D eigenvalue weighted by atomic mass is 32.1. The van der Waals surface area contributed by atoms with Crippen LogP contribution in [0.15, 0.2) is 22.0 Å². The van der Waals surface area contributed by atoms with E-state index in [1.807, 2.05) is 49.1 Å². The predicted octanol–water partition coefficient (Wildman–Crippen LogP) is 2.10. The Hall–Kier alpha value is -2.68. The lowest BCUT2D eigenvalue weighted by Gasteiger charge is -2.11. The summed E-state index contributed by atoms with van der Waals surface area (Å²) < 4.78 is 5.40. The van der Waals surface area contributed by atoms with Crippen molar-refractivity contribution in [2.45, 2.75) is 46.7 Å². The standard InChI is InChI=1S/C17H20N6O2S/c1-5-22-14-13(15(24)20-16(22)25)23(9(2)3)12(19-14)6-11-8-21-7-10(4)26-17(21)18-11/h7-9H,5-6H2,1-4H3,(H,20,24,25). The van der Waals surface area contributed by atoms with Crippen molar-refractivity contribution in [1.29, 1.82) is 0 Å². The highest BCUT2D eigenvalue weighted by Crippen LogP contribution is 2.22. The lowest BCUT2D eigenvalue weighted by atomic mass is 10.3. The fraction of sp³-hybridized carbons (Fsp3) is 0.412. The van der Waals surface area contributed by atoms with Gasteiger partial charge in [0.15, 0.2) is 16.1 Å². The molecule has 0 bridgehead atoms. The van der Waals surface area contributed by atoms with Gasteiger partial charge in [-0.05, 0) is 27.7 Å². The number of aromatic nitrogens is 6. The van der Waals surface area contributed by atoms with Crippen molar-refractivity contribution in [2.24, 2.45) is 0 Å². The normalized spacial score (nSPS) is 12.0. The Balaban J connectivity index is 1.92. The number of imidazole rings is 2. The molecule has 0 aliphatic heterocycles. The number of hydrogen-bond donors (Lipinski definition) is 1. The minimum absolute atomic E-state index is 0.0323. The van der Waals surface area contributed by atoms with Gasteiger partial charge in [0.1, 0.15) is 5.82 Å².